The number of hydrogen-bond acceptors (Lipinski definition) is 3. The standard InChI is InChI=1S/C14H18F3NO3S/c1-10(18-22(19,20)7-5-14(15,16)17)8-11-2-3-13-12(9-11)4-6-21-13/h2-3,9-10,18H,4-8H2,1H3/t10-/m1/s1. The van der Waals surface area contributed by atoms with Crippen LogP contribution in [0.15, 0.2) is 18.2 Å². The smallest absolute Gasteiger partial charge is 0.390 e. The summed E-state index contributed by atoms with van der Waals surface area (Å²) in [5.41, 5.74) is 2.00. The van der Waals surface area contributed by atoms with Gasteiger partial charge in [0.2, 0.25) is 10.0 Å². The second kappa shape index (κ2) is 6.45. The van der Waals surface area contributed by atoms with E-state index in [1.54, 1.807) is 6.92 Å². The van der Waals surface area contributed by atoms with Crippen LogP contribution in [0.4, 0.5) is 13.2 Å². The summed E-state index contributed by atoms with van der Waals surface area (Å²) in [5, 5.41) is 0. The van der Waals surface area contributed by atoms with Gasteiger partial charge in [0.05, 0.1) is 18.8 Å². The first-order valence-electron chi connectivity index (χ1n) is 6.96. The summed E-state index contributed by atoms with van der Waals surface area (Å²) in [4.78, 5) is 0. The van der Waals surface area contributed by atoms with Crippen molar-refractivity contribution >= 4 is 10.0 Å². The van der Waals surface area contributed by atoms with Crippen molar-refractivity contribution in [3.8, 4) is 5.75 Å². The molecule has 1 heterocycles. The molecule has 0 spiro atoms. The summed E-state index contributed by atoms with van der Waals surface area (Å²) < 4.78 is 67.2. The lowest BCUT2D eigenvalue weighted by molar-refractivity contribution is -0.130. The molecule has 1 aromatic carbocycles. The SMILES string of the molecule is C[C@H](Cc1ccc2c(c1)CCO2)NS(=O)(=O)CCC(F)(F)F. The zero-order valence-corrected chi connectivity index (χ0v) is 12.9. The molecular weight excluding hydrogens is 319 g/mol. The lowest BCUT2D eigenvalue weighted by atomic mass is 10.0. The highest BCUT2D eigenvalue weighted by atomic mass is 32.2. The molecule has 0 saturated heterocycles. The zero-order chi connectivity index (χ0) is 16.4. The van der Waals surface area contributed by atoms with E-state index in [0.29, 0.717) is 13.0 Å². The Labute approximate surface area is 127 Å². The van der Waals surface area contributed by atoms with Gasteiger partial charge in [0, 0.05) is 12.5 Å². The molecule has 1 aliphatic heterocycles. The van der Waals surface area contributed by atoms with Crippen LogP contribution in [0.3, 0.4) is 0 Å². The van der Waals surface area contributed by atoms with Gasteiger partial charge >= 0.3 is 6.18 Å². The summed E-state index contributed by atoms with van der Waals surface area (Å²) in [6.07, 6.45) is -4.59. The predicted octanol–water partition coefficient (Wildman–Crippen LogP) is 2.42. The first-order valence-corrected chi connectivity index (χ1v) is 8.61. The number of fused-ring (bicyclic) bond motifs is 1. The molecule has 0 bridgehead atoms. The van der Waals surface area contributed by atoms with Crippen LogP contribution in [0, 0.1) is 0 Å². The number of rotatable bonds is 6. The van der Waals surface area contributed by atoms with Crippen LogP contribution in [-0.4, -0.2) is 33.0 Å². The van der Waals surface area contributed by atoms with E-state index in [1.165, 1.54) is 0 Å². The minimum atomic E-state index is -4.47. The first-order chi connectivity index (χ1) is 10.1. The monoisotopic (exact) mass is 337 g/mol. The molecule has 1 aliphatic rings. The number of alkyl halides is 3. The lowest BCUT2D eigenvalue weighted by Gasteiger charge is -2.15. The molecule has 124 valence electrons. The van der Waals surface area contributed by atoms with Crippen molar-refractivity contribution in [1.82, 2.24) is 4.72 Å². The van der Waals surface area contributed by atoms with E-state index in [2.05, 4.69) is 4.72 Å². The number of nitrogens with one attached hydrogen (secondary N) is 1. The number of halogens is 3. The third kappa shape index (κ3) is 5.17. The van der Waals surface area contributed by atoms with Gasteiger partial charge in [-0.2, -0.15) is 13.2 Å². The number of benzene rings is 1. The summed E-state index contributed by atoms with van der Waals surface area (Å²) in [6, 6.07) is 5.15. The lowest BCUT2D eigenvalue weighted by Crippen LogP contribution is -2.36. The highest BCUT2D eigenvalue weighted by Gasteiger charge is 2.30. The van der Waals surface area contributed by atoms with E-state index < -0.39 is 34.4 Å². The molecule has 4 nitrogen and oxygen atoms in total. The van der Waals surface area contributed by atoms with Crippen molar-refractivity contribution in [1.29, 1.82) is 0 Å². The minimum absolute atomic E-state index is 0.415. The van der Waals surface area contributed by atoms with Crippen LogP contribution in [-0.2, 0) is 22.9 Å². The van der Waals surface area contributed by atoms with E-state index >= 15 is 0 Å². The molecule has 0 saturated carbocycles. The Morgan fingerprint density at radius 2 is 2.09 bits per heavy atom. The fraction of sp³-hybridized carbons (Fsp3) is 0.571. The van der Waals surface area contributed by atoms with Crippen molar-refractivity contribution in [3.63, 3.8) is 0 Å². The molecule has 0 fully saturated rings. The average Bonchev–Trinajstić information content (AvgIpc) is 2.82. The number of ether oxygens (including phenoxy) is 1. The highest BCUT2D eigenvalue weighted by Crippen LogP contribution is 2.26. The molecule has 22 heavy (non-hydrogen) atoms. The van der Waals surface area contributed by atoms with Crippen LogP contribution in [0.2, 0.25) is 0 Å². The van der Waals surface area contributed by atoms with E-state index in [1.807, 2.05) is 18.2 Å². The van der Waals surface area contributed by atoms with Crippen LogP contribution < -0.4 is 9.46 Å². The van der Waals surface area contributed by atoms with Crippen LogP contribution >= 0.6 is 0 Å². The maximum Gasteiger partial charge on any atom is 0.390 e. The second-order valence-electron chi connectivity index (χ2n) is 5.45. The molecule has 2 rings (SSSR count). The van der Waals surface area contributed by atoms with Crippen LogP contribution in [0.1, 0.15) is 24.5 Å². The normalized spacial score (nSPS) is 16.2. The van der Waals surface area contributed by atoms with Gasteiger partial charge in [-0.1, -0.05) is 12.1 Å². The Morgan fingerprint density at radius 1 is 1.36 bits per heavy atom. The van der Waals surface area contributed by atoms with Gasteiger partial charge in [-0.25, -0.2) is 13.1 Å². The van der Waals surface area contributed by atoms with E-state index in [-0.39, 0.29) is 0 Å². The van der Waals surface area contributed by atoms with E-state index in [4.69, 9.17) is 4.74 Å². The highest BCUT2D eigenvalue weighted by molar-refractivity contribution is 7.89. The van der Waals surface area contributed by atoms with Gasteiger partial charge in [-0.15, -0.1) is 0 Å². The average molecular weight is 337 g/mol. The molecule has 0 radical (unpaired) electrons. The molecule has 8 heteroatoms. The Kier molecular flexibility index (Phi) is 5.01. The molecule has 0 aromatic heterocycles. The quantitative estimate of drug-likeness (QED) is 0.867. The van der Waals surface area contributed by atoms with Gasteiger partial charge in [0.1, 0.15) is 5.75 Å². The Balaban J connectivity index is 1.91. The van der Waals surface area contributed by atoms with Crippen molar-refractivity contribution in [2.45, 2.75) is 38.4 Å². The zero-order valence-electron chi connectivity index (χ0n) is 12.1. The molecule has 1 aromatic rings. The third-order valence-electron chi connectivity index (χ3n) is 3.33. The van der Waals surface area contributed by atoms with Gasteiger partial charge < -0.3 is 4.74 Å². The predicted molar refractivity (Wildman–Crippen MR) is 76.4 cm³/mol. The number of sulfonamides is 1. The van der Waals surface area contributed by atoms with Gasteiger partial charge in [0.15, 0.2) is 0 Å². The third-order valence-corrected chi connectivity index (χ3v) is 4.83. The van der Waals surface area contributed by atoms with Crippen LogP contribution in [0.5, 0.6) is 5.75 Å². The van der Waals surface area contributed by atoms with Crippen molar-refractivity contribution < 1.29 is 26.3 Å². The Bertz CT molecular complexity index is 629. The van der Waals surface area contributed by atoms with Crippen LogP contribution in [0.25, 0.3) is 0 Å². The maximum absolute atomic E-state index is 12.1. The Morgan fingerprint density at radius 3 is 2.77 bits per heavy atom. The largest absolute Gasteiger partial charge is 0.493 e. The topological polar surface area (TPSA) is 55.4 Å². The van der Waals surface area contributed by atoms with Crippen molar-refractivity contribution in [2.75, 3.05) is 12.4 Å². The van der Waals surface area contributed by atoms with Gasteiger partial charge in [-0.05, 0) is 30.5 Å². The number of hydrogen-bond donors (Lipinski definition) is 1. The molecule has 1 N–H and O–H groups in total. The summed E-state index contributed by atoms with van der Waals surface area (Å²) >= 11 is 0. The second-order valence-corrected chi connectivity index (χ2v) is 7.32. The van der Waals surface area contributed by atoms with Gasteiger partial charge in [-0.3, -0.25) is 0 Å². The summed E-state index contributed by atoms with van der Waals surface area (Å²) in [5.74, 6) is -0.110. The molecular formula is C14H18F3NO3S. The summed E-state index contributed by atoms with van der Waals surface area (Å²) in [6.45, 7) is 2.27. The van der Waals surface area contributed by atoms with Crippen molar-refractivity contribution in [2.24, 2.45) is 0 Å². The molecule has 0 amide bonds. The Hall–Kier alpha value is -1.28. The summed E-state index contributed by atoms with van der Waals surface area (Å²) in [7, 11) is -3.94. The van der Waals surface area contributed by atoms with E-state index in [9.17, 15) is 21.6 Å². The molecule has 0 aliphatic carbocycles. The molecule has 0 unspecified atom stereocenters. The van der Waals surface area contributed by atoms with E-state index in [0.717, 1.165) is 23.3 Å². The molecule has 1 atom stereocenters. The van der Waals surface area contributed by atoms with Gasteiger partial charge in [0.25, 0.3) is 0 Å². The fourth-order valence-corrected chi connectivity index (χ4v) is 3.69. The minimum Gasteiger partial charge on any atom is -0.493 e. The van der Waals surface area contributed by atoms with Crippen molar-refractivity contribution in [3.05, 3.63) is 29.3 Å². The first kappa shape index (κ1) is 17.1. The maximum atomic E-state index is 12.1. The fourth-order valence-electron chi connectivity index (χ4n) is 2.38.